The largest absolute Gasteiger partial charge is 0.361 e. The lowest BCUT2D eigenvalue weighted by Gasteiger charge is -2.14. The number of fused-ring (bicyclic) bond motifs is 1. The number of nitrogens with zero attached hydrogens (tertiary/aromatic N) is 1. The minimum atomic E-state index is -0.0850. The number of aromatic nitrogens is 3. The summed E-state index contributed by atoms with van der Waals surface area (Å²) in [5.41, 5.74) is 4.64. The maximum atomic E-state index is 12.4. The summed E-state index contributed by atoms with van der Waals surface area (Å²) in [5, 5.41) is 11.2. The molecule has 21 heavy (non-hydrogen) atoms. The molecule has 0 spiro atoms. The van der Waals surface area contributed by atoms with E-state index >= 15 is 0 Å². The molecule has 0 unspecified atom stereocenters. The van der Waals surface area contributed by atoms with Crippen molar-refractivity contribution in [2.45, 2.75) is 26.8 Å². The fraction of sp³-hybridized carbons (Fsp3) is 0.250. The fourth-order valence-corrected chi connectivity index (χ4v) is 2.74. The molecule has 3 aromatic rings. The Balaban J connectivity index is 1.82. The maximum absolute atomic E-state index is 12.4. The normalized spacial score (nSPS) is 12.5. The second-order valence-corrected chi connectivity index (χ2v) is 5.32. The number of benzene rings is 1. The van der Waals surface area contributed by atoms with Crippen molar-refractivity contribution in [2.24, 2.45) is 0 Å². The minimum Gasteiger partial charge on any atom is -0.361 e. The highest BCUT2D eigenvalue weighted by atomic mass is 16.1. The van der Waals surface area contributed by atoms with Crippen molar-refractivity contribution >= 4 is 16.8 Å². The van der Waals surface area contributed by atoms with E-state index in [-0.39, 0.29) is 11.9 Å². The average molecular weight is 282 g/mol. The van der Waals surface area contributed by atoms with Gasteiger partial charge in [-0.05, 0) is 45.0 Å². The zero-order valence-corrected chi connectivity index (χ0v) is 12.3. The predicted octanol–water partition coefficient (Wildman–Crippen LogP) is 3.00. The molecule has 0 radical (unpaired) electrons. The number of rotatable bonds is 3. The molecule has 5 nitrogen and oxygen atoms in total. The molecule has 1 amide bonds. The van der Waals surface area contributed by atoms with Crippen LogP contribution in [-0.2, 0) is 0 Å². The highest BCUT2D eigenvalue weighted by Crippen LogP contribution is 2.20. The van der Waals surface area contributed by atoms with Crippen LogP contribution in [0, 0.1) is 13.8 Å². The first kappa shape index (κ1) is 13.4. The number of H-pyrrole nitrogens is 2. The zero-order chi connectivity index (χ0) is 15.0. The molecule has 2 heterocycles. The van der Waals surface area contributed by atoms with Crippen LogP contribution in [0.5, 0.6) is 0 Å². The molecule has 0 fully saturated rings. The third-order valence-corrected chi connectivity index (χ3v) is 3.78. The first-order valence-corrected chi connectivity index (χ1v) is 6.95. The lowest BCUT2D eigenvalue weighted by Crippen LogP contribution is -2.27. The Morgan fingerprint density at radius 3 is 2.81 bits per heavy atom. The summed E-state index contributed by atoms with van der Waals surface area (Å²) >= 11 is 0. The number of hydrogen-bond donors (Lipinski definition) is 3. The summed E-state index contributed by atoms with van der Waals surface area (Å²) in [7, 11) is 0. The van der Waals surface area contributed by atoms with Gasteiger partial charge >= 0.3 is 0 Å². The van der Waals surface area contributed by atoms with Crippen molar-refractivity contribution in [1.82, 2.24) is 20.5 Å². The van der Waals surface area contributed by atoms with Crippen molar-refractivity contribution in [1.29, 1.82) is 0 Å². The quantitative estimate of drug-likeness (QED) is 0.691. The van der Waals surface area contributed by atoms with E-state index in [4.69, 9.17) is 0 Å². The lowest BCUT2D eigenvalue weighted by atomic mass is 10.1. The fourth-order valence-electron chi connectivity index (χ4n) is 2.74. The maximum Gasteiger partial charge on any atom is 0.251 e. The highest BCUT2D eigenvalue weighted by molar-refractivity contribution is 5.98. The van der Waals surface area contributed by atoms with E-state index in [1.54, 1.807) is 0 Å². The Morgan fingerprint density at radius 2 is 2.10 bits per heavy atom. The van der Waals surface area contributed by atoms with Crippen molar-refractivity contribution < 1.29 is 4.79 Å². The number of nitrogens with one attached hydrogen (secondary N) is 3. The molecule has 0 aliphatic heterocycles. The smallest absolute Gasteiger partial charge is 0.251 e. The van der Waals surface area contributed by atoms with Gasteiger partial charge in [0, 0.05) is 33.9 Å². The molecule has 1 atom stereocenters. The van der Waals surface area contributed by atoms with E-state index in [0.717, 1.165) is 27.9 Å². The van der Waals surface area contributed by atoms with Crippen LogP contribution in [0.25, 0.3) is 10.9 Å². The zero-order valence-electron chi connectivity index (χ0n) is 12.3. The molecule has 0 aliphatic carbocycles. The van der Waals surface area contributed by atoms with Crippen molar-refractivity contribution in [2.75, 3.05) is 0 Å². The summed E-state index contributed by atoms with van der Waals surface area (Å²) in [6.07, 6.45) is 1.87. The molecule has 0 bridgehead atoms. The Bertz CT molecular complexity index is 780. The Hall–Kier alpha value is -2.56. The topological polar surface area (TPSA) is 73.6 Å². The van der Waals surface area contributed by atoms with Crippen molar-refractivity contribution in [3.8, 4) is 0 Å². The number of carbonyl (C=O) groups is 1. The third kappa shape index (κ3) is 2.42. The molecule has 0 saturated heterocycles. The molecule has 0 saturated carbocycles. The first-order valence-electron chi connectivity index (χ1n) is 6.95. The summed E-state index contributed by atoms with van der Waals surface area (Å²) in [5.74, 6) is -0.0781. The number of aryl methyl sites for hydroxylation is 2. The van der Waals surface area contributed by atoms with Crippen molar-refractivity contribution in [3.05, 3.63) is 53.0 Å². The number of amides is 1. The SMILES string of the molecule is Cc1n[nH]c(C)c1[C@H](C)NC(=O)c1ccc2[nH]ccc2c1. The predicted molar refractivity (Wildman–Crippen MR) is 82.2 cm³/mol. The van der Waals surface area contributed by atoms with Crippen LogP contribution < -0.4 is 5.32 Å². The molecular formula is C16H18N4O. The molecule has 1 aromatic carbocycles. The Labute approximate surface area is 122 Å². The number of carbonyl (C=O) groups excluding carboxylic acids is 1. The van der Waals surface area contributed by atoms with Gasteiger partial charge in [-0.2, -0.15) is 5.10 Å². The highest BCUT2D eigenvalue weighted by Gasteiger charge is 2.17. The summed E-state index contributed by atoms with van der Waals surface area (Å²) in [6, 6.07) is 7.51. The van der Waals surface area contributed by atoms with Gasteiger partial charge in [0.2, 0.25) is 0 Å². The van der Waals surface area contributed by atoms with Crippen molar-refractivity contribution in [3.63, 3.8) is 0 Å². The van der Waals surface area contributed by atoms with Gasteiger partial charge in [0.15, 0.2) is 0 Å². The second kappa shape index (κ2) is 5.09. The van der Waals surface area contributed by atoms with Gasteiger partial charge in [0.05, 0.1) is 11.7 Å². The van der Waals surface area contributed by atoms with E-state index in [9.17, 15) is 4.79 Å². The summed E-state index contributed by atoms with van der Waals surface area (Å²) < 4.78 is 0. The van der Waals surface area contributed by atoms with Gasteiger partial charge in [-0.15, -0.1) is 0 Å². The van der Waals surface area contributed by atoms with Gasteiger partial charge in [0.25, 0.3) is 5.91 Å². The van der Waals surface area contributed by atoms with Gasteiger partial charge in [-0.1, -0.05) is 0 Å². The van der Waals surface area contributed by atoms with Crippen LogP contribution in [0.2, 0.25) is 0 Å². The van der Waals surface area contributed by atoms with E-state index in [2.05, 4.69) is 20.5 Å². The Morgan fingerprint density at radius 1 is 1.29 bits per heavy atom. The Kier molecular flexibility index (Phi) is 3.25. The number of hydrogen-bond acceptors (Lipinski definition) is 2. The van der Waals surface area contributed by atoms with E-state index in [1.807, 2.05) is 51.2 Å². The standard InChI is InChI=1S/C16H18N4O/c1-9(15-10(2)19-20-11(15)3)18-16(21)13-4-5-14-12(8-13)6-7-17-14/h4-9,17H,1-3H3,(H,18,21)(H,19,20)/t9-/m0/s1. The minimum absolute atomic E-state index is 0.0781. The van der Waals surface area contributed by atoms with Gasteiger partial charge < -0.3 is 10.3 Å². The monoisotopic (exact) mass is 282 g/mol. The number of aromatic amines is 2. The van der Waals surface area contributed by atoms with E-state index < -0.39 is 0 Å². The average Bonchev–Trinajstić information content (AvgIpc) is 3.04. The van der Waals surface area contributed by atoms with Crippen LogP contribution in [-0.4, -0.2) is 21.1 Å². The molecule has 2 aromatic heterocycles. The van der Waals surface area contributed by atoms with Gasteiger partial charge in [-0.3, -0.25) is 9.89 Å². The molecule has 5 heteroatoms. The molecule has 108 valence electrons. The molecular weight excluding hydrogens is 264 g/mol. The van der Waals surface area contributed by atoms with Crippen LogP contribution in [0.1, 0.15) is 40.3 Å². The van der Waals surface area contributed by atoms with E-state index in [1.165, 1.54) is 0 Å². The first-order chi connectivity index (χ1) is 10.1. The molecule has 0 aliphatic rings. The van der Waals surface area contributed by atoms with Crippen LogP contribution >= 0.6 is 0 Å². The summed E-state index contributed by atoms with van der Waals surface area (Å²) in [6.45, 7) is 5.87. The lowest BCUT2D eigenvalue weighted by molar-refractivity contribution is 0.0940. The van der Waals surface area contributed by atoms with Crippen LogP contribution in [0.4, 0.5) is 0 Å². The summed E-state index contributed by atoms with van der Waals surface area (Å²) in [4.78, 5) is 15.5. The third-order valence-electron chi connectivity index (χ3n) is 3.78. The second-order valence-electron chi connectivity index (χ2n) is 5.32. The van der Waals surface area contributed by atoms with Gasteiger partial charge in [0.1, 0.15) is 0 Å². The van der Waals surface area contributed by atoms with Crippen LogP contribution in [0.15, 0.2) is 30.5 Å². The molecule has 3 rings (SSSR count). The van der Waals surface area contributed by atoms with Gasteiger partial charge in [-0.25, -0.2) is 0 Å². The van der Waals surface area contributed by atoms with Crippen LogP contribution in [0.3, 0.4) is 0 Å². The molecule has 3 N–H and O–H groups in total. The van der Waals surface area contributed by atoms with E-state index in [0.29, 0.717) is 5.56 Å².